The van der Waals surface area contributed by atoms with Crippen molar-refractivity contribution in [2.24, 2.45) is 5.92 Å². The molecule has 0 spiro atoms. The average Bonchev–Trinajstić information content (AvgIpc) is 1.94. The first-order chi connectivity index (χ1) is 5.13. The number of carboxylic acids is 1. The number of nitrogens with zero attached hydrogens (tertiary/aromatic N) is 1. The summed E-state index contributed by atoms with van der Waals surface area (Å²) in [5.74, 6) is -0.808. The average molecular weight is 157 g/mol. The molecule has 3 heteroatoms. The summed E-state index contributed by atoms with van der Waals surface area (Å²) in [6.07, 6.45) is 1.85. The van der Waals surface area contributed by atoms with Crippen LogP contribution in [0.2, 0.25) is 0 Å². The highest BCUT2D eigenvalue weighted by Crippen LogP contribution is 2.21. The van der Waals surface area contributed by atoms with Crippen molar-refractivity contribution in [1.29, 1.82) is 0 Å². The van der Waals surface area contributed by atoms with Gasteiger partial charge in [0.25, 0.3) is 0 Å². The maximum atomic E-state index is 10.7. The highest BCUT2D eigenvalue weighted by molar-refractivity contribution is 5.70. The molecular formula is C8H15NO2. The summed E-state index contributed by atoms with van der Waals surface area (Å²) in [6.45, 7) is 3.02. The molecule has 0 amide bonds. The molecule has 64 valence electrons. The van der Waals surface area contributed by atoms with Crippen molar-refractivity contribution in [1.82, 2.24) is 4.90 Å². The number of likely N-dealkylation sites (tertiary alicyclic amines) is 1. The second-order valence-electron chi connectivity index (χ2n) is 3.31. The van der Waals surface area contributed by atoms with Crippen LogP contribution in [-0.4, -0.2) is 35.6 Å². The Labute approximate surface area is 67.0 Å². The minimum absolute atomic E-state index is 0.159. The first-order valence-electron chi connectivity index (χ1n) is 4.06. The highest BCUT2D eigenvalue weighted by Gasteiger charge is 2.30. The normalized spacial score (nSPS) is 33.6. The van der Waals surface area contributed by atoms with Gasteiger partial charge in [-0.2, -0.15) is 0 Å². The van der Waals surface area contributed by atoms with Gasteiger partial charge in [0.05, 0.1) is 5.92 Å². The lowest BCUT2D eigenvalue weighted by Crippen LogP contribution is -2.43. The van der Waals surface area contributed by atoms with Gasteiger partial charge in [-0.25, -0.2) is 0 Å². The smallest absolute Gasteiger partial charge is 0.308 e. The number of hydrogen-bond acceptors (Lipinski definition) is 2. The van der Waals surface area contributed by atoms with Crippen LogP contribution in [0.5, 0.6) is 0 Å². The minimum Gasteiger partial charge on any atom is -0.481 e. The molecule has 0 bridgehead atoms. The number of carboxylic acid groups (broad SMARTS) is 1. The number of hydrogen-bond donors (Lipinski definition) is 1. The Morgan fingerprint density at radius 1 is 1.64 bits per heavy atom. The molecule has 0 radical (unpaired) electrons. The third kappa shape index (κ3) is 1.71. The van der Waals surface area contributed by atoms with Gasteiger partial charge in [-0.05, 0) is 33.4 Å². The predicted molar refractivity (Wildman–Crippen MR) is 42.5 cm³/mol. The molecule has 3 nitrogen and oxygen atoms in total. The van der Waals surface area contributed by atoms with Crippen LogP contribution < -0.4 is 0 Å². The van der Waals surface area contributed by atoms with E-state index in [2.05, 4.69) is 4.90 Å². The molecule has 11 heavy (non-hydrogen) atoms. The maximum Gasteiger partial charge on any atom is 0.308 e. The Morgan fingerprint density at radius 3 is 2.73 bits per heavy atom. The summed E-state index contributed by atoms with van der Waals surface area (Å²) < 4.78 is 0. The van der Waals surface area contributed by atoms with E-state index < -0.39 is 5.97 Å². The van der Waals surface area contributed by atoms with Gasteiger partial charge >= 0.3 is 5.97 Å². The first kappa shape index (κ1) is 8.53. The summed E-state index contributed by atoms with van der Waals surface area (Å²) in [5.41, 5.74) is 0. The van der Waals surface area contributed by atoms with Crippen LogP contribution in [0, 0.1) is 5.92 Å². The lowest BCUT2D eigenvalue weighted by Gasteiger charge is -2.34. The Balaban J connectivity index is 2.58. The zero-order valence-electron chi connectivity index (χ0n) is 7.08. The zero-order chi connectivity index (χ0) is 8.43. The fourth-order valence-electron chi connectivity index (χ4n) is 1.64. The summed E-state index contributed by atoms with van der Waals surface area (Å²) in [7, 11) is 1.99. The maximum absolute atomic E-state index is 10.7. The van der Waals surface area contributed by atoms with Crippen molar-refractivity contribution in [3.8, 4) is 0 Å². The van der Waals surface area contributed by atoms with Crippen molar-refractivity contribution < 1.29 is 9.90 Å². The third-order valence-corrected chi connectivity index (χ3v) is 2.62. The van der Waals surface area contributed by atoms with E-state index in [1.165, 1.54) is 0 Å². The molecule has 1 N–H and O–H groups in total. The number of aliphatic carboxylic acids is 1. The summed E-state index contributed by atoms with van der Waals surface area (Å²) in [6, 6.07) is 0.196. The van der Waals surface area contributed by atoms with Crippen molar-refractivity contribution >= 4 is 5.97 Å². The molecule has 0 unspecified atom stereocenters. The third-order valence-electron chi connectivity index (χ3n) is 2.62. The summed E-state index contributed by atoms with van der Waals surface area (Å²) in [4.78, 5) is 12.8. The molecule has 0 aromatic heterocycles. The molecular weight excluding hydrogens is 142 g/mol. The van der Waals surface area contributed by atoms with E-state index in [-0.39, 0.29) is 12.0 Å². The Morgan fingerprint density at radius 2 is 2.27 bits per heavy atom. The van der Waals surface area contributed by atoms with Gasteiger partial charge in [0.2, 0.25) is 0 Å². The monoisotopic (exact) mass is 157 g/mol. The van der Waals surface area contributed by atoms with Gasteiger partial charge in [-0.1, -0.05) is 0 Å². The molecule has 1 rings (SSSR count). The largest absolute Gasteiger partial charge is 0.481 e. The molecule has 1 aliphatic rings. The quantitative estimate of drug-likeness (QED) is 0.612. The van der Waals surface area contributed by atoms with Crippen LogP contribution in [-0.2, 0) is 4.79 Å². The number of rotatable bonds is 1. The molecule has 2 atom stereocenters. The van der Waals surface area contributed by atoms with Crippen molar-refractivity contribution in [2.75, 3.05) is 13.6 Å². The van der Waals surface area contributed by atoms with Gasteiger partial charge in [0.1, 0.15) is 0 Å². The first-order valence-corrected chi connectivity index (χ1v) is 4.06. The number of piperidine rings is 1. The van der Waals surface area contributed by atoms with E-state index >= 15 is 0 Å². The zero-order valence-corrected chi connectivity index (χ0v) is 7.08. The van der Waals surface area contributed by atoms with E-state index in [0.29, 0.717) is 0 Å². The number of carbonyl (C=O) groups is 1. The molecule has 0 aromatic carbocycles. The predicted octanol–water partition coefficient (Wildman–Crippen LogP) is 0.801. The van der Waals surface area contributed by atoms with Gasteiger partial charge in [0.15, 0.2) is 0 Å². The lowest BCUT2D eigenvalue weighted by molar-refractivity contribution is -0.145. The van der Waals surface area contributed by atoms with Gasteiger partial charge in [-0.3, -0.25) is 4.79 Å². The van der Waals surface area contributed by atoms with E-state index in [4.69, 9.17) is 5.11 Å². The van der Waals surface area contributed by atoms with E-state index in [1.807, 2.05) is 14.0 Å². The lowest BCUT2D eigenvalue weighted by atomic mass is 9.91. The van der Waals surface area contributed by atoms with Crippen LogP contribution in [0.3, 0.4) is 0 Å². The van der Waals surface area contributed by atoms with Crippen molar-refractivity contribution in [2.45, 2.75) is 25.8 Å². The fourth-order valence-corrected chi connectivity index (χ4v) is 1.64. The van der Waals surface area contributed by atoms with Crippen LogP contribution in [0.4, 0.5) is 0 Å². The van der Waals surface area contributed by atoms with Crippen LogP contribution in [0.25, 0.3) is 0 Å². The van der Waals surface area contributed by atoms with E-state index in [1.54, 1.807) is 0 Å². The van der Waals surface area contributed by atoms with Crippen molar-refractivity contribution in [3.05, 3.63) is 0 Å². The van der Waals surface area contributed by atoms with Crippen LogP contribution in [0.15, 0.2) is 0 Å². The second-order valence-corrected chi connectivity index (χ2v) is 3.31. The molecule has 1 saturated heterocycles. The van der Waals surface area contributed by atoms with E-state index in [9.17, 15) is 4.79 Å². The van der Waals surface area contributed by atoms with Crippen LogP contribution >= 0.6 is 0 Å². The molecule has 0 aliphatic carbocycles. The minimum atomic E-state index is -0.649. The molecule has 1 fully saturated rings. The van der Waals surface area contributed by atoms with E-state index in [0.717, 1.165) is 19.4 Å². The van der Waals surface area contributed by atoms with Gasteiger partial charge in [-0.15, -0.1) is 0 Å². The van der Waals surface area contributed by atoms with Crippen LogP contribution in [0.1, 0.15) is 19.8 Å². The van der Waals surface area contributed by atoms with Crippen molar-refractivity contribution in [3.63, 3.8) is 0 Å². The summed E-state index contributed by atoms with van der Waals surface area (Å²) >= 11 is 0. The fraction of sp³-hybridized carbons (Fsp3) is 0.875. The Hall–Kier alpha value is -0.570. The van der Waals surface area contributed by atoms with Gasteiger partial charge < -0.3 is 10.0 Å². The Kier molecular flexibility index (Phi) is 2.49. The SMILES string of the molecule is C[C@@H]1[C@@H](C(=O)O)CCCN1C. The molecule has 0 aromatic rings. The van der Waals surface area contributed by atoms with Gasteiger partial charge in [0, 0.05) is 6.04 Å². The molecule has 0 saturated carbocycles. The highest BCUT2D eigenvalue weighted by atomic mass is 16.4. The molecule has 1 aliphatic heterocycles. The molecule has 1 heterocycles. The Bertz CT molecular complexity index is 158. The topological polar surface area (TPSA) is 40.5 Å². The standard InChI is InChI=1S/C8H15NO2/c1-6-7(8(10)11)4-3-5-9(6)2/h6-7H,3-5H2,1-2H3,(H,10,11)/t6-,7+/m1/s1. The second kappa shape index (κ2) is 3.22. The summed E-state index contributed by atoms with van der Waals surface area (Å²) in [5, 5.41) is 8.80.